The fourth-order valence-corrected chi connectivity index (χ4v) is 1.35. The van der Waals surface area contributed by atoms with Crippen molar-refractivity contribution >= 4 is 0 Å². The summed E-state index contributed by atoms with van der Waals surface area (Å²) in [6, 6.07) is -0.829. The van der Waals surface area contributed by atoms with E-state index in [1.807, 2.05) is 0 Å². The van der Waals surface area contributed by atoms with Gasteiger partial charge in [-0.15, -0.1) is 0 Å². The van der Waals surface area contributed by atoms with Crippen LogP contribution >= 0.6 is 0 Å². The summed E-state index contributed by atoms with van der Waals surface area (Å²) >= 11 is 0. The molecule has 0 saturated heterocycles. The lowest BCUT2D eigenvalue weighted by atomic mass is 10.1. The van der Waals surface area contributed by atoms with Gasteiger partial charge in [-0.2, -0.15) is 18.3 Å². The number of rotatable bonds is 4. The number of halogens is 3. The smallest absolute Gasteiger partial charge is 0.327 e. The molecule has 0 fully saturated rings. The Morgan fingerprint density at radius 3 is 2.67 bits per heavy atom. The first-order chi connectivity index (χ1) is 6.87. The van der Waals surface area contributed by atoms with E-state index in [1.54, 1.807) is 24.1 Å². The van der Waals surface area contributed by atoms with E-state index in [0.29, 0.717) is 12.8 Å². The number of hydrogen-bond donors (Lipinski definition) is 1. The summed E-state index contributed by atoms with van der Waals surface area (Å²) in [5, 5.41) is 3.92. The minimum atomic E-state index is -4.17. The van der Waals surface area contributed by atoms with Crippen LogP contribution in [0.5, 0.6) is 0 Å². The van der Waals surface area contributed by atoms with Gasteiger partial charge in [-0.25, -0.2) is 0 Å². The maximum Gasteiger partial charge on any atom is 0.390 e. The molecule has 15 heavy (non-hydrogen) atoms. The molecule has 2 N–H and O–H groups in total. The number of aromatic nitrogens is 2. The molecule has 0 radical (unpaired) electrons. The van der Waals surface area contributed by atoms with Crippen molar-refractivity contribution in [2.45, 2.75) is 31.5 Å². The number of nitrogens with two attached hydrogens (primary N) is 1. The van der Waals surface area contributed by atoms with Gasteiger partial charge in [0.2, 0.25) is 0 Å². The molecule has 0 aliphatic heterocycles. The normalized spacial score (nSPS) is 14.2. The molecule has 1 aromatic heterocycles. The molecular formula is C9H14F3N3. The fraction of sp³-hybridized carbons (Fsp3) is 0.667. The maximum atomic E-state index is 11.9. The van der Waals surface area contributed by atoms with Crippen molar-refractivity contribution < 1.29 is 13.2 Å². The molecule has 0 spiro atoms. The van der Waals surface area contributed by atoms with Crippen molar-refractivity contribution in [3.05, 3.63) is 18.0 Å². The molecule has 1 aromatic rings. The first-order valence-electron chi connectivity index (χ1n) is 4.66. The van der Waals surface area contributed by atoms with Gasteiger partial charge in [0.1, 0.15) is 0 Å². The zero-order valence-electron chi connectivity index (χ0n) is 8.46. The lowest BCUT2D eigenvalue weighted by Crippen LogP contribution is -2.27. The summed E-state index contributed by atoms with van der Waals surface area (Å²) in [5.74, 6) is 0. The lowest BCUT2D eigenvalue weighted by molar-refractivity contribution is -0.138. The monoisotopic (exact) mass is 221 g/mol. The topological polar surface area (TPSA) is 43.8 Å². The van der Waals surface area contributed by atoms with Crippen LogP contribution < -0.4 is 5.73 Å². The number of alkyl halides is 3. The Hall–Kier alpha value is -1.04. The number of aryl methyl sites for hydroxylation is 2. The first-order valence-corrected chi connectivity index (χ1v) is 4.66. The summed E-state index contributed by atoms with van der Waals surface area (Å²) in [7, 11) is 1.76. The predicted octanol–water partition coefficient (Wildman–Crippen LogP) is 1.63. The summed E-state index contributed by atoms with van der Waals surface area (Å²) in [6.07, 6.45) is -0.821. The van der Waals surface area contributed by atoms with Crippen molar-refractivity contribution in [3.63, 3.8) is 0 Å². The third-order valence-corrected chi connectivity index (χ3v) is 2.06. The minimum absolute atomic E-state index is 0.325. The average Bonchev–Trinajstić information content (AvgIpc) is 2.45. The Labute approximate surface area is 86.1 Å². The fourth-order valence-electron chi connectivity index (χ4n) is 1.35. The van der Waals surface area contributed by atoms with Gasteiger partial charge in [-0.05, 0) is 18.4 Å². The summed E-state index contributed by atoms with van der Waals surface area (Å²) < 4.78 is 37.4. The van der Waals surface area contributed by atoms with Crippen LogP contribution in [0.25, 0.3) is 0 Å². The Morgan fingerprint density at radius 1 is 1.53 bits per heavy atom. The van der Waals surface area contributed by atoms with Gasteiger partial charge in [0.05, 0.1) is 12.6 Å². The van der Waals surface area contributed by atoms with Crippen LogP contribution in [0.2, 0.25) is 0 Å². The van der Waals surface area contributed by atoms with Crippen LogP contribution in [0.1, 0.15) is 18.4 Å². The van der Waals surface area contributed by atoms with E-state index in [9.17, 15) is 13.2 Å². The van der Waals surface area contributed by atoms with Crippen LogP contribution in [-0.4, -0.2) is 22.0 Å². The summed E-state index contributed by atoms with van der Waals surface area (Å²) in [4.78, 5) is 0. The third kappa shape index (κ3) is 4.83. The molecule has 1 unspecified atom stereocenters. The molecule has 6 heteroatoms. The Morgan fingerprint density at radius 2 is 2.20 bits per heavy atom. The van der Waals surface area contributed by atoms with Crippen molar-refractivity contribution in [3.8, 4) is 0 Å². The van der Waals surface area contributed by atoms with E-state index < -0.39 is 18.6 Å². The standard InChI is InChI=1S/C9H14F3N3/c1-15-6-7(5-14-15)2-3-8(13)4-9(10,11)12/h5-6,8H,2-4,13H2,1H3. The molecule has 0 aliphatic rings. The highest BCUT2D eigenvalue weighted by molar-refractivity contribution is 5.03. The Balaban J connectivity index is 2.31. The van der Waals surface area contributed by atoms with Crippen LogP contribution in [0, 0.1) is 0 Å². The van der Waals surface area contributed by atoms with E-state index >= 15 is 0 Å². The van der Waals surface area contributed by atoms with Gasteiger partial charge in [-0.1, -0.05) is 0 Å². The van der Waals surface area contributed by atoms with Gasteiger partial charge in [-0.3, -0.25) is 4.68 Å². The van der Waals surface area contributed by atoms with E-state index in [1.165, 1.54) is 0 Å². The lowest BCUT2D eigenvalue weighted by Gasteiger charge is -2.13. The van der Waals surface area contributed by atoms with Crippen LogP contribution in [0.4, 0.5) is 13.2 Å². The van der Waals surface area contributed by atoms with E-state index in [0.717, 1.165) is 5.56 Å². The van der Waals surface area contributed by atoms with Gasteiger partial charge in [0, 0.05) is 19.3 Å². The molecule has 0 aliphatic carbocycles. The average molecular weight is 221 g/mol. The highest BCUT2D eigenvalue weighted by Crippen LogP contribution is 2.22. The molecule has 3 nitrogen and oxygen atoms in total. The van der Waals surface area contributed by atoms with Gasteiger partial charge in [0.25, 0.3) is 0 Å². The molecule has 1 rings (SSSR count). The molecule has 0 bridgehead atoms. The van der Waals surface area contributed by atoms with Crippen LogP contribution in [-0.2, 0) is 13.5 Å². The number of nitrogens with zero attached hydrogens (tertiary/aromatic N) is 2. The predicted molar refractivity (Wildman–Crippen MR) is 50.2 cm³/mol. The van der Waals surface area contributed by atoms with Crippen molar-refractivity contribution in [2.24, 2.45) is 12.8 Å². The third-order valence-electron chi connectivity index (χ3n) is 2.06. The summed E-state index contributed by atoms with van der Waals surface area (Å²) in [6.45, 7) is 0. The largest absolute Gasteiger partial charge is 0.390 e. The molecule has 0 amide bonds. The van der Waals surface area contributed by atoms with Gasteiger partial charge in [0.15, 0.2) is 0 Å². The van der Waals surface area contributed by atoms with Crippen molar-refractivity contribution in [1.29, 1.82) is 0 Å². The second-order valence-electron chi connectivity index (χ2n) is 3.64. The van der Waals surface area contributed by atoms with Crippen molar-refractivity contribution in [1.82, 2.24) is 9.78 Å². The first kappa shape index (κ1) is 12.0. The summed E-state index contributed by atoms with van der Waals surface area (Å²) in [5.41, 5.74) is 6.28. The Bertz CT molecular complexity index is 306. The van der Waals surface area contributed by atoms with Crippen molar-refractivity contribution in [2.75, 3.05) is 0 Å². The minimum Gasteiger partial charge on any atom is -0.327 e. The van der Waals surface area contributed by atoms with Gasteiger partial charge < -0.3 is 5.73 Å². The maximum absolute atomic E-state index is 11.9. The quantitative estimate of drug-likeness (QED) is 0.839. The van der Waals surface area contributed by atoms with E-state index in [2.05, 4.69) is 5.10 Å². The SMILES string of the molecule is Cn1cc(CCC(N)CC(F)(F)F)cn1. The molecule has 1 atom stereocenters. The zero-order valence-corrected chi connectivity index (χ0v) is 8.46. The molecule has 86 valence electrons. The molecule has 0 saturated carbocycles. The van der Waals surface area contributed by atoms with Crippen LogP contribution in [0.3, 0.4) is 0 Å². The zero-order chi connectivity index (χ0) is 11.5. The molecular weight excluding hydrogens is 207 g/mol. The highest BCUT2D eigenvalue weighted by Gasteiger charge is 2.29. The van der Waals surface area contributed by atoms with E-state index in [4.69, 9.17) is 5.73 Å². The molecule has 0 aromatic carbocycles. The van der Waals surface area contributed by atoms with E-state index in [-0.39, 0.29) is 0 Å². The highest BCUT2D eigenvalue weighted by atomic mass is 19.4. The van der Waals surface area contributed by atoms with Gasteiger partial charge >= 0.3 is 6.18 Å². The number of hydrogen-bond acceptors (Lipinski definition) is 2. The van der Waals surface area contributed by atoms with Crippen LogP contribution in [0.15, 0.2) is 12.4 Å². The second kappa shape index (κ2) is 4.65. The Kier molecular flexibility index (Phi) is 3.73. The molecule has 1 heterocycles. The second-order valence-corrected chi connectivity index (χ2v) is 3.64.